The van der Waals surface area contributed by atoms with Crippen LogP contribution in [0.1, 0.15) is 16.4 Å². The lowest BCUT2D eigenvalue weighted by atomic mass is 10.1. The van der Waals surface area contributed by atoms with Gasteiger partial charge in [0.05, 0.1) is 27.5 Å². The van der Waals surface area contributed by atoms with Crippen molar-refractivity contribution in [2.45, 2.75) is 0 Å². The lowest BCUT2D eigenvalue weighted by Gasteiger charge is -2.11. The number of para-hydroxylation sites is 3. The van der Waals surface area contributed by atoms with Crippen LogP contribution in [-0.2, 0) is 0 Å². The molecule has 0 bridgehead atoms. The van der Waals surface area contributed by atoms with E-state index in [0.717, 1.165) is 15.3 Å². The summed E-state index contributed by atoms with van der Waals surface area (Å²) in [4.78, 5) is 14.1. The molecular formula is C39H24N4O. The van der Waals surface area contributed by atoms with Crippen molar-refractivity contribution in [2.24, 2.45) is 0 Å². The molecule has 0 fully saturated rings. The van der Waals surface area contributed by atoms with Crippen LogP contribution in [0.5, 0.6) is 0 Å². The maximum atomic E-state index is 9.61. The predicted molar refractivity (Wildman–Crippen MR) is 178 cm³/mol. The van der Waals surface area contributed by atoms with Gasteiger partial charge < -0.3 is 8.98 Å². The lowest BCUT2D eigenvalue weighted by Crippen LogP contribution is -2.01. The van der Waals surface area contributed by atoms with E-state index >= 15 is 0 Å². The quantitative estimate of drug-likeness (QED) is 0.209. The number of furan rings is 1. The van der Waals surface area contributed by atoms with E-state index in [2.05, 4.69) is 4.98 Å². The standard InChI is InChI=1S/C39H24N4O/c1-2-11-25(12-3-1)37-40-38(42-39(41-37)27-21-22-32-31-17-6-9-20-35(31)44-36(32)24-27)26-13-10-14-28(23-26)43-33-18-7-4-15-29(33)30-16-5-8-19-34(30)43/h1-24H/i4D,5D,7D,8D,10D,13D,14D,15D,16D,18D,19D,23D. The number of hydrogen-bond acceptors (Lipinski definition) is 4. The van der Waals surface area contributed by atoms with Crippen molar-refractivity contribution in [1.29, 1.82) is 0 Å². The minimum atomic E-state index is -0.699. The van der Waals surface area contributed by atoms with Crippen molar-refractivity contribution < 1.29 is 20.9 Å². The van der Waals surface area contributed by atoms with Gasteiger partial charge in [0.1, 0.15) is 11.2 Å². The van der Waals surface area contributed by atoms with E-state index in [1.54, 1.807) is 36.4 Å². The van der Waals surface area contributed by atoms with E-state index in [1.807, 2.05) is 36.4 Å². The summed E-state index contributed by atoms with van der Waals surface area (Å²) in [6, 6.07) is 14.2. The number of nitrogens with zero attached hydrogens (tertiary/aromatic N) is 4. The first-order valence-corrected chi connectivity index (χ1v) is 13.6. The molecule has 0 aliphatic heterocycles. The van der Waals surface area contributed by atoms with E-state index < -0.39 is 78.2 Å². The molecule has 0 atom stereocenters. The molecule has 0 amide bonds. The largest absolute Gasteiger partial charge is 0.456 e. The third kappa shape index (κ3) is 3.91. The highest BCUT2D eigenvalue weighted by atomic mass is 16.3. The molecule has 0 unspecified atom stereocenters. The lowest BCUT2D eigenvalue weighted by molar-refractivity contribution is 0.669. The molecule has 6 aromatic carbocycles. The SMILES string of the molecule is [2H]c1c([2H])c(-c2nc(-c3ccccc3)nc(-c3ccc4c(c3)oc3ccccc34)n2)c([2H])c(-n2c3c([2H])c([2H])c([2H])c([2H])c3c3c([2H])c([2H])c([2H])c([2H])c32)c1[2H]. The zero-order chi connectivity index (χ0) is 39.5. The van der Waals surface area contributed by atoms with Crippen molar-refractivity contribution in [3.8, 4) is 39.9 Å². The molecule has 0 spiro atoms. The average molecular weight is 577 g/mol. The average Bonchev–Trinajstić information content (AvgIpc) is 3.76. The number of aromatic nitrogens is 4. The molecular weight excluding hydrogens is 540 g/mol. The van der Waals surface area contributed by atoms with Crippen molar-refractivity contribution >= 4 is 43.7 Å². The molecule has 0 radical (unpaired) electrons. The molecule has 9 rings (SSSR count). The maximum Gasteiger partial charge on any atom is 0.164 e. The topological polar surface area (TPSA) is 56.7 Å². The molecule has 0 saturated heterocycles. The Labute approximate surface area is 269 Å². The van der Waals surface area contributed by atoms with Gasteiger partial charge in [0.25, 0.3) is 0 Å². The van der Waals surface area contributed by atoms with Crippen LogP contribution in [0.15, 0.2) is 150 Å². The fourth-order valence-corrected chi connectivity index (χ4v) is 5.40. The monoisotopic (exact) mass is 576 g/mol. The van der Waals surface area contributed by atoms with Crippen LogP contribution in [0.2, 0.25) is 0 Å². The van der Waals surface area contributed by atoms with Gasteiger partial charge >= 0.3 is 0 Å². The maximum absolute atomic E-state index is 9.61. The molecule has 3 heterocycles. The molecule has 0 saturated carbocycles. The van der Waals surface area contributed by atoms with Crippen molar-refractivity contribution in [1.82, 2.24) is 19.5 Å². The Morgan fingerprint density at radius 2 is 1.14 bits per heavy atom. The van der Waals surface area contributed by atoms with E-state index in [-0.39, 0.29) is 44.8 Å². The van der Waals surface area contributed by atoms with Gasteiger partial charge in [0, 0.05) is 43.9 Å². The van der Waals surface area contributed by atoms with Crippen molar-refractivity contribution in [3.05, 3.63) is 145 Å². The summed E-state index contributed by atoms with van der Waals surface area (Å²) < 4.78 is 113. The fraction of sp³-hybridized carbons (Fsp3) is 0. The second-order valence-electron chi connectivity index (χ2n) is 9.99. The van der Waals surface area contributed by atoms with Crippen LogP contribution in [-0.4, -0.2) is 19.5 Å². The molecule has 206 valence electrons. The Hall–Kier alpha value is -6.07. The molecule has 9 aromatic rings. The van der Waals surface area contributed by atoms with Gasteiger partial charge in [0.2, 0.25) is 0 Å². The molecule has 44 heavy (non-hydrogen) atoms. The van der Waals surface area contributed by atoms with Gasteiger partial charge in [-0.3, -0.25) is 0 Å². The van der Waals surface area contributed by atoms with E-state index in [0.29, 0.717) is 22.3 Å². The smallest absolute Gasteiger partial charge is 0.164 e. The third-order valence-corrected chi connectivity index (χ3v) is 7.40. The van der Waals surface area contributed by atoms with Crippen LogP contribution in [0, 0.1) is 0 Å². The first kappa shape index (κ1) is 15.4. The second kappa shape index (κ2) is 9.75. The summed E-state index contributed by atoms with van der Waals surface area (Å²) in [6.07, 6.45) is 0. The summed E-state index contributed by atoms with van der Waals surface area (Å²) in [7, 11) is 0. The van der Waals surface area contributed by atoms with Crippen LogP contribution in [0.3, 0.4) is 0 Å². The number of hydrogen-bond donors (Lipinski definition) is 0. The highest BCUT2D eigenvalue weighted by Crippen LogP contribution is 2.35. The molecule has 3 aromatic heterocycles. The Bertz CT molecular complexity index is 3100. The summed E-state index contributed by atoms with van der Waals surface area (Å²) >= 11 is 0. The van der Waals surface area contributed by atoms with Crippen LogP contribution >= 0.6 is 0 Å². The van der Waals surface area contributed by atoms with Crippen LogP contribution in [0.4, 0.5) is 0 Å². The number of rotatable bonds is 4. The summed E-state index contributed by atoms with van der Waals surface area (Å²) in [5.41, 5.74) is 0.873. The molecule has 5 nitrogen and oxygen atoms in total. The Balaban J connectivity index is 1.39. The zero-order valence-corrected chi connectivity index (χ0v) is 22.6. The third-order valence-electron chi connectivity index (χ3n) is 7.40. The first-order valence-electron chi connectivity index (χ1n) is 19.6. The van der Waals surface area contributed by atoms with Crippen molar-refractivity contribution in [3.63, 3.8) is 0 Å². The first-order chi connectivity index (χ1) is 26.8. The zero-order valence-electron chi connectivity index (χ0n) is 34.6. The van der Waals surface area contributed by atoms with Gasteiger partial charge in [0.15, 0.2) is 17.5 Å². The van der Waals surface area contributed by atoms with Crippen LogP contribution in [0.25, 0.3) is 83.6 Å². The van der Waals surface area contributed by atoms with Crippen LogP contribution < -0.4 is 0 Å². The van der Waals surface area contributed by atoms with Gasteiger partial charge in [-0.05, 0) is 42.4 Å². The molecule has 5 heteroatoms. The van der Waals surface area contributed by atoms with E-state index in [4.69, 9.17) is 29.5 Å². The minimum absolute atomic E-state index is 0.137. The Morgan fingerprint density at radius 1 is 0.500 bits per heavy atom. The summed E-state index contributed by atoms with van der Waals surface area (Å²) in [5.74, 6) is 0.0863. The number of fused-ring (bicyclic) bond motifs is 6. The van der Waals surface area contributed by atoms with E-state index in [9.17, 15) is 1.37 Å². The Kier molecular flexibility index (Phi) is 3.42. The molecule has 0 N–H and O–H groups in total. The normalized spacial score (nSPS) is 15.5. The fourth-order valence-electron chi connectivity index (χ4n) is 5.40. The van der Waals surface area contributed by atoms with Gasteiger partial charge in [-0.15, -0.1) is 0 Å². The summed E-state index contributed by atoms with van der Waals surface area (Å²) in [5, 5.41) is 1.27. The summed E-state index contributed by atoms with van der Waals surface area (Å²) in [6.45, 7) is 0. The Morgan fingerprint density at radius 3 is 1.91 bits per heavy atom. The molecule has 0 aliphatic carbocycles. The minimum Gasteiger partial charge on any atom is -0.456 e. The highest BCUT2D eigenvalue weighted by Gasteiger charge is 2.16. The molecule has 0 aliphatic rings. The highest BCUT2D eigenvalue weighted by molar-refractivity contribution is 6.09. The second-order valence-corrected chi connectivity index (χ2v) is 9.99. The van der Waals surface area contributed by atoms with Gasteiger partial charge in [-0.2, -0.15) is 0 Å². The van der Waals surface area contributed by atoms with Gasteiger partial charge in [-0.1, -0.05) is 103 Å². The number of benzene rings is 6. The van der Waals surface area contributed by atoms with E-state index in [1.165, 1.54) is 0 Å². The predicted octanol–water partition coefficient (Wildman–Crippen LogP) is 9.87. The van der Waals surface area contributed by atoms with Gasteiger partial charge in [-0.25, -0.2) is 15.0 Å². The van der Waals surface area contributed by atoms with Crippen molar-refractivity contribution in [2.75, 3.05) is 0 Å².